The second kappa shape index (κ2) is 10.5. The molecule has 12 nitrogen and oxygen atoms in total. The number of nitrogens with zero attached hydrogens (tertiary/aromatic N) is 6. The first-order chi connectivity index (χ1) is 17.9. The Morgan fingerprint density at radius 2 is 2.05 bits per heavy atom. The number of nitrogens with two attached hydrogens (primary N) is 1. The number of pyridine rings is 1. The lowest BCUT2D eigenvalue weighted by Crippen LogP contribution is -2.44. The highest BCUT2D eigenvalue weighted by atomic mass is 16.6. The zero-order valence-corrected chi connectivity index (χ0v) is 22.7. The highest BCUT2D eigenvalue weighted by Crippen LogP contribution is 2.33. The van der Waals surface area contributed by atoms with Gasteiger partial charge in [-0.1, -0.05) is 5.92 Å². The largest absolute Gasteiger partial charge is 0.489 e. The van der Waals surface area contributed by atoms with Gasteiger partial charge < -0.3 is 29.8 Å². The molecule has 0 unspecified atom stereocenters. The van der Waals surface area contributed by atoms with Gasteiger partial charge in [-0.25, -0.2) is 19.4 Å². The molecule has 4 rings (SSSR count). The van der Waals surface area contributed by atoms with Crippen LogP contribution in [0.2, 0.25) is 0 Å². The molecular weight excluding hydrogens is 490 g/mol. The van der Waals surface area contributed by atoms with E-state index in [1.165, 1.54) is 0 Å². The summed E-state index contributed by atoms with van der Waals surface area (Å²) in [4.78, 5) is 23.5. The van der Waals surface area contributed by atoms with E-state index in [0.717, 1.165) is 12.8 Å². The Balaban J connectivity index is 1.66. The number of imidazole rings is 1. The minimum absolute atomic E-state index is 0.110. The summed E-state index contributed by atoms with van der Waals surface area (Å²) in [6.07, 6.45) is 3.08. The third kappa shape index (κ3) is 6.16. The number of carbonyl (C=O) groups is 1. The number of hydrogen-bond acceptors (Lipinski definition) is 10. The van der Waals surface area contributed by atoms with Crippen molar-refractivity contribution in [2.75, 3.05) is 25.4 Å². The molecule has 0 saturated carbocycles. The summed E-state index contributed by atoms with van der Waals surface area (Å²) >= 11 is 0. The van der Waals surface area contributed by atoms with Crippen LogP contribution in [0.3, 0.4) is 0 Å². The van der Waals surface area contributed by atoms with Gasteiger partial charge in [0, 0.05) is 25.6 Å². The molecule has 4 heterocycles. The fourth-order valence-corrected chi connectivity index (χ4v) is 4.26. The number of nitrogen functional groups attached to an aromatic ring is 1. The summed E-state index contributed by atoms with van der Waals surface area (Å²) in [7, 11) is 0. The van der Waals surface area contributed by atoms with Crippen LogP contribution in [0, 0.1) is 17.8 Å². The molecule has 0 aliphatic carbocycles. The Kier molecular flexibility index (Phi) is 7.51. The van der Waals surface area contributed by atoms with Crippen molar-refractivity contribution in [1.29, 1.82) is 0 Å². The molecule has 1 aliphatic heterocycles. The number of hydrogen-bond donors (Lipinski definition) is 2. The summed E-state index contributed by atoms with van der Waals surface area (Å²) < 4.78 is 18.5. The second-order valence-electron chi connectivity index (χ2n) is 10.9. The molecule has 3 N–H and O–H groups in total. The highest BCUT2D eigenvalue weighted by molar-refractivity contribution is 5.89. The van der Waals surface area contributed by atoms with Gasteiger partial charge in [-0.15, -0.1) is 0 Å². The van der Waals surface area contributed by atoms with Gasteiger partial charge in [-0.2, -0.15) is 0 Å². The van der Waals surface area contributed by atoms with Crippen LogP contribution in [0.25, 0.3) is 22.6 Å². The van der Waals surface area contributed by atoms with Crippen LogP contribution in [-0.2, 0) is 11.3 Å². The topological polar surface area (TPSA) is 155 Å². The molecule has 0 bridgehead atoms. The van der Waals surface area contributed by atoms with Crippen LogP contribution in [-0.4, -0.2) is 71.8 Å². The summed E-state index contributed by atoms with van der Waals surface area (Å²) in [5.74, 6) is 6.91. The first-order valence-electron chi connectivity index (χ1n) is 12.7. The van der Waals surface area contributed by atoms with Gasteiger partial charge in [0.15, 0.2) is 23.1 Å². The van der Waals surface area contributed by atoms with Crippen molar-refractivity contribution < 1.29 is 24.0 Å². The summed E-state index contributed by atoms with van der Waals surface area (Å²) in [6, 6.07) is 0. The minimum Gasteiger partial charge on any atom is -0.489 e. The molecule has 1 aliphatic rings. The van der Waals surface area contributed by atoms with Crippen molar-refractivity contribution in [3.8, 4) is 29.1 Å². The highest BCUT2D eigenvalue weighted by Gasteiger charge is 2.29. The number of ether oxygens (including phenoxy) is 2. The van der Waals surface area contributed by atoms with Gasteiger partial charge >= 0.3 is 6.09 Å². The quantitative estimate of drug-likeness (QED) is 0.474. The summed E-state index contributed by atoms with van der Waals surface area (Å²) in [5.41, 5.74) is 6.05. The van der Waals surface area contributed by atoms with Crippen molar-refractivity contribution in [3.05, 3.63) is 11.9 Å². The molecule has 0 aromatic carbocycles. The van der Waals surface area contributed by atoms with Crippen molar-refractivity contribution >= 4 is 22.9 Å². The Bertz CT molecular complexity index is 1370. The maximum absolute atomic E-state index is 12.6. The Labute approximate surface area is 221 Å². The number of piperidine rings is 1. The zero-order valence-electron chi connectivity index (χ0n) is 22.7. The number of aryl methyl sites for hydroxylation is 1. The third-order valence-electron chi connectivity index (χ3n) is 5.91. The van der Waals surface area contributed by atoms with E-state index >= 15 is 0 Å². The van der Waals surface area contributed by atoms with Gasteiger partial charge in [0.25, 0.3) is 0 Å². The zero-order chi connectivity index (χ0) is 27.7. The average Bonchev–Trinajstić information content (AvgIpc) is 3.43. The molecular formula is C26H35N7O5. The minimum atomic E-state index is -1.21. The maximum Gasteiger partial charge on any atom is 0.410 e. The van der Waals surface area contributed by atoms with Crippen LogP contribution in [0.15, 0.2) is 10.8 Å². The van der Waals surface area contributed by atoms with E-state index in [-0.39, 0.29) is 17.8 Å². The number of amides is 1. The number of carbonyl (C=O) groups excluding carboxylic acids is 1. The Morgan fingerprint density at radius 1 is 1.29 bits per heavy atom. The molecule has 12 heteroatoms. The van der Waals surface area contributed by atoms with Gasteiger partial charge in [-0.3, -0.25) is 0 Å². The van der Waals surface area contributed by atoms with Crippen LogP contribution in [0.4, 0.5) is 10.6 Å². The molecule has 38 heavy (non-hydrogen) atoms. The molecule has 1 fully saturated rings. The monoisotopic (exact) mass is 525 g/mol. The molecule has 3 aromatic heterocycles. The van der Waals surface area contributed by atoms with Crippen molar-refractivity contribution in [1.82, 2.24) is 29.7 Å². The van der Waals surface area contributed by atoms with Crippen molar-refractivity contribution in [2.45, 2.75) is 72.1 Å². The molecule has 0 spiro atoms. The van der Waals surface area contributed by atoms with E-state index < -0.39 is 11.2 Å². The molecule has 0 radical (unpaired) electrons. The smallest absolute Gasteiger partial charge is 0.410 e. The Hall–Kier alpha value is -3.85. The predicted octanol–water partition coefficient (Wildman–Crippen LogP) is 3.23. The fourth-order valence-electron chi connectivity index (χ4n) is 4.26. The first kappa shape index (κ1) is 27.2. The van der Waals surface area contributed by atoms with Crippen LogP contribution in [0.1, 0.15) is 60.1 Å². The molecule has 1 saturated heterocycles. The van der Waals surface area contributed by atoms with E-state index in [9.17, 15) is 9.90 Å². The third-order valence-corrected chi connectivity index (χ3v) is 5.91. The van der Waals surface area contributed by atoms with Crippen molar-refractivity contribution in [2.24, 2.45) is 5.92 Å². The lowest BCUT2D eigenvalue weighted by molar-refractivity contribution is 0.0139. The van der Waals surface area contributed by atoms with Gasteiger partial charge in [0.05, 0.1) is 12.8 Å². The Morgan fingerprint density at radius 3 is 2.68 bits per heavy atom. The van der Waals surface area contributed by atoms with Gasteiger partial charge in [-0.05, 0) is 70.6 Å². The molecule has 1 atom stereocenters. The average molecular weight is 526 g/mol. The number of anilines is 1. The van der Waals surface area contributed by atoms with E-state index in [0.29, 0.717) is 60.2 Å². The number of aromatic nitrogens is 5. The fraction of sp³-hybridized carbons (Fsp3) is 0.577. The lowest BCUT2D eigenvalue weighted by atomic mass is 9.99. The molecule has 1 amide bonds. The van der Waals surface area contributed by atoms with Crippen LogP contribution in [0.5, 0.6) is 5.75 Å². The number of fused-ring (bicyclic) bond motifs is 1. The van der Waals surface area contributed by atoms with Gasteiger partial charge in [0.2, 0.25) is 0 Å². The number of rotatable bonds is 5. The van der Waals surface area contributed by atoms with E-state index in [1.807, 2.05) is 32.3 Å². The van der Waals surface area contributed by atoms with E-state index in [2.05, 4.69) is 27.1 Å². The lowest BCUT2D eigenvalue weighted by Gasteiger charge is -2.34. The summed E-state index contributed by atoms with van der Waals surface area (Å²) in [5, 5.41) is 17.7. The van der Waals surface area contributed by atoms with E-state index in [4.69, 9.17) is 24.8 Å². The molecule has 204 valence electrons. The maximum atomic E-state index is 12.6. The van der Waals surface area contributed by atoms with E-state index in [1.54, 1.807) is 24.9 Å². The number of aliphatic hydroxyl groups is 1. The normalized spacial score (nSPS) is 16.3. The molecule has 3 aromatic rings. The predicted molar refractivity (Wildman–Crippen MR) is 140 cm³/mol. The van der Waals surface area contributed by atoms with Crippen molar-refractivity contribution in [3.63, 3.8) is 0 Å². The standard InChI is InChI=1S/C26H35N7O5/c1-7-33-21-18(36-15-16-9-8-12-32(14-16)24(34)37-25(2,3)4)13-28-17(10-11-26(5,6)35)19(21)29-23(33)20-22(27)31-38-30-20/h13,16,35H,7-9,12,14-15H2,1-6H3,(H2,27,31)/t16-/m0/s1. The second-order valence-corrected chi connectivity index (χ2v) is 10.9. The number of likely N-dealkylation sites (tertiary alicyclic amines) is 1. The first-order valence-corrected chi connectivity index (χ1v) is 12.7. The van der Waals surface area contributed by atoms with Crippen LogP contribution >= 0.6 is 0 Å². The van der Waals surface area contributed by atoms with Crippen LogP contribution < -0.4 is 10.5 Å². The summed E-state index contributed by atoms with van der Waals surface area (Å²) in [6.45, 7) is 12.8. The SMILES string of the molecule is CCn1c(-c2nonc2N)nc2c(C#CC(C)(C)O)ncc(OC[C@H]3CCCN(C(=O)OC(C)(C)C)C3)c21. The van der Waals surface area contributed by atoms with Gasteiger partial charge in [0.1, 0.15) is 27.9 Å².